The van der Waals surface area contributed by atoms with Crippen LogP contribution in [-0.2, 0) is 28.6 Å². The Kier molecular flexibility index (Phi) is 34.5. The summed E-state index contributed by atoms with van der Waals surface area (Å²) in [7, 11) is 0. The molecule has 0 heterocycles. The number of hydrogen-bond acceptors (Lipinski definition) is 6. The van der Waals surface area contributed by atoms with Gasteiger partial charge in [-0.1, -0.05) is 182 Å². The van der Waals surface area contributed by atoms with E-state index in [0.717, 1.165) is 70.1 Å². The quantitative estimate of drug-likeness (QED) is 0.0376. The SMILES string of the molecule is CCCCCCCCCCCCC(=O)OC[C@H](COC(=O)CCCCCCCCCCCCCC(C)C)OC(=O)CCCCCCC. The first-order valence-electron chi connectivity index (χ1n) is 20.4. The van der Waals surface area contributed by atoms with Gasteiger partial charge in [0.2, 0.25) is 0 Å². The molecule has 0 aromatic carbocycles. The second-order valence-electron chi connectivity index (χ2n) is 14.4. The average Bonchev–Trinajstić information content (AvgIpc) is 3.05. The molecule has 0 aliphatic carbocycles. The molecule has 0 N–H and O–H groups in total. The molecule has 6 heteroatoms. The molecule has 1 atom stereocenters. The zero-order valence-corrected chi connectivity index (χ0v) is 31.7. The van der Waals surface area contributed by atoms with Crippen molar-refractivity contribution in [1.82, 2.24) is 0 Å². The fourth-order valence-electron chi connectivity index (χ4n) is 5.92. The summed E-state index contributed by atoms with van der Waals surface area (Å²) < 4.78 is 16.5. The van der Waals surface area contributed by atoms with E-state index in [1.54, 1.807) is 0 Å². The van der Waals surface area contributed by atoms with E-state index in [4.69, 9.17) is 14.2 Å². The van der Waals surface area contributed by atoms with Crippen molar-refractivity contribution >= 4 is 17.9 Å². The molecular formula is C41H78O6. The summed E-state index contributed by atoms with van der Waals surface area (Å²) in [6.07, 6.45) is 32.6. The van der Waals surface area contributed by atoms with Crippen molar-refractivity contribution in [3.63, 3.8) is 0 Å². The van der Waals surface area contributed by atoms with Crippen LogP contribution in [-0.4, -0.2) is 37.2 Å². The molecular weight excluding hydrogens is 588 g/mol. The van der Waals surface area contributed by atoms with Crippen LogP contribution >= 0.6 is 0 Å². The first-order chi connectivity index (χ1) is 22.9. The first-order valence-corrected chi connectivity index (χ1v) is 20.4. The van der Waals surface area contributed by atoms with Gasteiger partial charge in [0.15, 0.2) is 6.10 Å². The van der Waals surface area contributed by atoms with Gasteiger partial charge in [0.1, 0.15) is 13.2 Å². The van der Waals surface area contributed by atoms with Crippen LogP contribution in [0.1, 0.15) is 220 Å². The highest BCUT2D eigenvalue weighted by Crippen LogP contribution is 2.15. The number of ether oxygens (including phenoxy) is 3. The van der Waals surface area contributed by atoms with Crippen LogP contribution < -0.4 is 0 Å². The maximum atomic E-state index is 12.5. The highest BCUT2D eigenvalue weighted by Gasteiger charge is 2.19. The lowest BCUT2D eigenvalue weighted by Gasteiger charge is -2.18. The topological polar surface area (TPSA) is 78.9 Å². The van der Waals surface area contributed by atoms with Crippen LogP contribution in [0.4, 0.5) is 0 Å². The van der Waals surface area contributed by atoms with Crippen LogP contribution in [0.3, 0.4) is 0 Å². The van der Waals surface area contributed by atoms with Gasteiger partial charge in [-0.15, -0.1) is 0 Å². The third kappa shape index (κ3) is 35.5. The summed E-state index contributed by atoms with van der Waals surface area (Å²) in [5.41, 5.74) is 0. The van der Waals surface area contributed by atoms with E-state index < -0.39 is 6.10 Å². The van der Waals surface area contributed by atoms with E-state index in [1.165, 1.54) is 109 Å². The number of rotatable bonds is 36. The first kappa shape index (κ1) is 45.4. The van der Waals surface area contributed by atoms with Crippen LogP contribution in [0.2, 0.25) is 0 Å². The molecule has 0 bridgehead atoms. The van der Waals surface area contributed by atoms with Gasteiger partial charge in [0, 0.05) is 19.3 Å². The predicted octanol–water partition coefficient (Wildman–Crippen LogP) is 12.4. The molecule has 278 valence electrons. The second kappa shape index (κ2) is 35.7. The van der Waals surface area contributed by atoms with Gasteiger partial charge in [-0.05, 0) is 25.2 Å². The fourth-order valence-corrected chi connectivity index (χ4v) is 5.92. The van der Waals surface area contributed by atoms with Gasteiger partial charge >= 0.3 is 17.9 Å². The van der Waals surface area contributed by atoms with Crippen LogP contribution in [0.25, 0.3) is 0 Å². The third-order valence-corrected chi connectivity index (χ3v) is 9.04. The minimum atomic E-state index is -0.756. The molecule has 0 aromatic heterocycles. The summed E-state index contributed by atoms with van der Waals surface area (Å²) in [4.78, 5) is 37.2. The molecule has 0 unspecified atom stereocenters. The highest BCUT2D eigenvalue weighted by molar-refractivity contribution is 5.71. The van der Waals surface area contributed by atoms with E-state index in [0.29, 0.717) is 19.3 Å². The normalized spacial score (nSPS) is 11.9. The largest absolute Gasteiger partial charge is 0.462 e. The maximum Gasteiger partial charge on any atom is 0.306 e. The molecule has 0 rings (SSSR count). The Labute approximate surface area is 291 Å². The minimum Gasteiger partial charge on any atom is -0.462 e. The van der Waals surface area contributed by atoms with Crippen molar-refractivity contribution in [3.8, 4) is 0 Å². The number of carbonyl (C=O) groups excluding carboxylic acids is 3. The monoisotopic (exact) mass is 667 g/mol. The third-order valence-electron chi connectivity index (χ3n) is 9.04. The van der Waals surface area contributed by atoms with Crippen molar-refractivity contribution < 1.29 is 28.6 Å². The molecule has 0 aliphatic heterocycles. The van der Waals surface area contributed by atoms with Crippen molar-refractivity contribution in [2.75, 3.05) is 13.2 Å². The molecule has 0 aromatic rings. The Morgan fingerprint density at radius 2 is 0.702 bits per heavy atom. The zero-order chi connectivity index (χ0) is 34.6. The van der Waals surface area contributed by atoms with Gasteiger partial charge in [-0.3, -0.25) is 14.4 Å². The van der Waals surface area contributed by atoms with Gasteiger partial charge in [-0.2, -0.15) is 0 Å². The molecule has 0 saturated heterocycles. The van der Waals surface area contributed by atoms with Gasteiger partial charge in [-0.25, -0.2) is 0 Å². The molecule has 0 fully saturated rings. The van der Waals surface area contributed by atoms with E-state index >= 15 is 0 Å². The lowest BCUT2D eigenvalue weighted by atomic mass is 10.0. The van der Waals surface area contributed by atoms with Crippen molar-refractivity contribution in [2.45, 2.75) is 226 Å². The summed E-state index contributed by atoms with van der Waals surface area (Å²) >= 11 is 0. The van der Waals surface area contributed by atoms with E-state index in [2.05, 4.69) is 27.7 Å². The van der Waals surface area contributed by atoms with Crippen LogP contribution in [0.15, 0.2) is 0 Å². The number of unbranched alkanes of at least 4 members (excludes halogenated alkanes) is 23. The standard InChI is InChI=1S/C41H78O6/c1-5-7-9-11-12-13-18-21-25-28-32-39(42)45-35-38(47-41(44)34-30-23-10-8-6-2)36-46-40(43)33-29-26-22-19-16-14-15-17-20-24-27-31-37(3)4/h37-38H,5-36H2,1-4H3/t38-/m1/s1. The van der Waals surface area contributed by atoms with Crippen LogP contribution in [0.5, 0.6) is 0 Å². The van der Waals surface area contributed by atoms with E-state index in [-0.39, 0.29) is 31.1 Å². The molecule has 6 nitrogen and oxygen atoms in total. The smallest absolute Gasteiger partial charge is 0.306 e. The summed E-state index contributed by atoms with van der Waals surface area (Å²) in [6, 6.07) is 0. The second-order valence-corrected chi connectivity index (χ2v) is 14.4. The Morgan fingerprint density at radius 3 is 1.04 bits per heavy atom. The Balaban J connectivity index is 4.18. The molecule has 0 amide bonds. The van der Waals surface area contributed by atoms with Gasteiger partial charge in [0.25, 0.3) is 0 Å². The van der Waals surface area contributed by atoms with Crippen molar-refractivity contribution in [1.29, 1.82) is 0 Å². The Hall–Kier alpha value is -1.59. The molecule has 0 radical (unpaired) electrons. The van der Waals surface area contributed by atoms with Gasteiger partial charge in [0.05, 0.1) is 0 Å². The molecule has 47 heavy (non-hydrogen) atoms. The fraction of sp³-hybridized carbons (Fsp3) is 0.927. The predicted molar refractivity (Wildman–Crippen MR) is 196 cm³/mol. The minimum absolute atomic E-state index is 0.0661. The number of carbonyl (C=O) groups is 3. The van der Waals surface area contributed by atoms with Crippen molar-refractivity contribution in [3.05, 3.63) is 0 Å². The summed E-state index contributed by atoms with van der Waals surface area (Å²) in [5, 5.41) is 0. The highest BCUT2D eigenvalue weighted by atomic mass is 16.6. The number of hydrogen-bond donors (Lipinski definition) is 0. The lowest BCUT2D eigenvalue weighted by Crippen LogP contribution is -2.30. The van der Waals surface area contributed by atoms with Crippen molar-refractivity contribution in [2.24, 2.45) is 5.92 Å². The Morgan fingerprint density at radius 1 is 0.404 bits per heavy atom. The summed E-state index contributed by atoms with van der Waals surface area (Å²) in [5.74, 6) is -0.0501. The summed E-state index contributed by atoms with van der Waals surface area (Å²) in [6.45, 7) is 8.88. The lowest BCUT2D eigenvalue weighted by molar-refractivity contribution is -0.167. The van der Waals surface area contributed by atoms with Crippen LogP contribution in [0, 0.1) is 5.92 Å². The molecule has 0 saturated carbocycles. The average molecular weight is 667 g/mol. The Bertz CT molecular complexity index is 706. The zero-order valence-electron chi connectivity index (χ0n) is 31.7. The van der Waals surface area contributed by atoms with E-state index in [9.17, 15) is 14.4 Å². The number of esters is 3. The molecule has 0 aliphatic rings. The van der Waals surface area contributed by atoms with Gasteiger partial charge < -0.3 is 14.2 Å². The molecule has 0 spiro atoms. The van der Waals surface area contributed by atoms with E-state index in [1.807, 2.05) is 0 Å². The maximum absolute atomic E-state index is 12.5.